The molecule has 1 fully saturated rings. The predicted molar refractivity (Wildman–Crippen MR) is 137 cm³/mol. The van der Waals surface area contributed by atoms with Crippen LogP contribution in [0.2, 0.25) is 0 Å². The fourth-order valence-corrected chi connectivity index (χ4v) is 4.30. The van der Waals surface area contributed by atoms with Gasteiger partial charge in [0, 0.05) is 24.5 Å². The molecule has 0 aliphatic carbocycles. The summed E-state index contributed by atoms with van der Waals surface area (Å²) in [5.74, 6) is -0.198. The summed E-state index contributed by atoms with van der Waals surface area (Å²) >= 11 is 0. The molecule has 1 N–H and O–H groups in total. The van der Waals surface area contributed by atoms with Gasteiger partial charge in [-0.2, -0.15) is 0 Å². The second-order valence-corrected chi connectivity index (χ2v) is 8.94. The number of halogens is 1. The van der Waals surface area contributed by atoms with E-state index < -0.39 is 11.8 Å². The maximum absolute atomic E-state index is 15.6. The number of methoxy groups -OCH3 is 1. The van der Waals surface area contributed by atoms with Crippen LogP contribution in [-0.4, -0.2) is 82.6 Å². The molecule has 2 aromatic heterocycles. The number of anilines is 2. The number of carbonyl (C=O) groups excluding carboxylic acids is 2. The van der Waals surface area contributed by atoms with Gasteiger partial charge in [0.1, 0.15) is 0 Å². The molecule has 4 rings (SSSR count). The van der Waals surface area contributed by atoms with Crippen molar-refractivity contribution in [3.8, 4) is 11.4 Å². The van der Waals surface area contributed by atoms with E-state index in [0.29, 0.717) is 24.7 Å². The predicted octanol–water partition coefficient (Wildman–Crippen LogP) is 2.30. The maximum atomic E-state index is 15.6. The first kappa shape index (κ1) is 26.9. The molecule has 38 heavy (non-hydrogen) atoms. The molecule has 0 spiro atoms. The minimum absolute atomic E-state index is 0.0138. The van der Waals surface area contributed by atoms with Crippen molar-refractivity contribution in [1.29, 1.82) is 0 Å². The van der Waals surface area contributed by atoms with Gasteiger partial charge in [0.05, 0.1) is 32.1 Å². The van der Waals surface area contributed by atoms with Crippen LogP contribution >= 0.6 is 0 Å². The lowest BCUT2D eigenvalue weighted by Gasteiger charge is -2.29. The zero-order valence-corrected chi connectivity index (χ0v) is 21.6. The average molecular weight is 527 g/mol. The van der Waals surface area contributed by atoms with E-state index in [-0.39, 0.29) is 41.7 Å². The summed E-state index contributed by atoms with van der Waals surface area (Å²) in [6.07, 6.45) is 7.02. The summed E-state index contributed by atoms with van der Waals surface area (Å²) in [5, 5.41) is 11.1. The highest BCUT2D eigenvalue weighted by molar-refractivity contribution is 5.86. The number of amides is 1. The number of carbonyl (C=O) groups is 2. The van der Waals surface area contributed by atoms with E-state index in [9.17, 15) is 9.59 Å². The van der Waals surface area contributed by atoms with E-state index in [0.717, 1.165) is 25.9 Å². The topological polar surface area (TPSA) is 128 Å². The zero-order valence-electron chi connectivity index (χ0n) is 21.6. The number of ether oxygens (including phenoxy) is 2. The number of nitrogens with zero attached hydrogens (tertiary/aromatic N) is 7. The van der Waals surface area contributed by atoms with E-state index in [1.807, 2.05) is 0 Å². The Bertz CT molecular complexity index is 1260. The zero-order chi connectivity index (χ0) is 27.1. The summed E-state index contributed by atoms with van der Waals surface area (Å²) in [7, 11) is 3.46. The van der Waals surface area contributed by atoms with E-state index in [1.165, 1.54) is 41.3 Å². The molecule has 0 saturated carbocycles. The van der Waals surface area contributed by atoms with Crippen LogP contribution < -0.4 is 15.0 Å². The summed E-state index contributed by atoms with van der Waals surface area (Å²) in [5.41, 5.74) is 0.321. The number of hydrogen-bond donors (Lipinski definition) is 1. The summed E-state index contributed by atoms with van der Waals surface area (Å²) in [4.78, 5) is 36.6. The molecular formula is C25H31FN8O4. The van der Waals surface area contributed by atoms with Crippen molar-refractivity contribution >= 4 is 24.0 Å². The Kier molecular flexibility index (Phi) is 8.79. The van der Waals surface area contributed by atoms with E-state index in [4.69, 9.17) is 9.47 Å². The molecule has 0 atom stereocenters. The van der Waals surface area contributed by atoms with Crippen molar-refractivity contribution in [2.24, 2.45) is 5.92 Å². The van der Waals surface area contributed by atoms with Crippen LogP contribution in [0.5, 0.6) is 5.75 Å². The highest BCUT2D eigenvalue weighted by Gasteiger charge is 2.24. The van der Waals surface area contributed by atoms with Gasteiger partial charge >= 0.3 is 5.97 Å². The number of esters is 1. The van der Waals surface area contributed by atoms with Crippen molar-refractivity contribution in [3.63, 3.8) is 0 Å². The van der Waals surface area contributed by atoms with Crippen LogP contribution in [0.1, 0.15) is 35.8 Å². The van der Waals surface area contributed by atoms with E-state index in [2.05, 4.69) is 37.5 Å². The van der Waals surface area contributed by atoms with Gasteiger partial charge in [0.25, 0.3) is 0 Å². The molecule has 0 radical (unpaired) electrons. The molecule has 0 bridgehead atoms. The Hall–Kier alpha value is -4.13. The minimum atomic E-state index is -0.685. The van der Waals surface area contributed by atoms with Gasteiger partial charge in [-0.05, 0) is 58.0 Å². The maximum Gasteiger partial charge on any atom is 0.360 e. The van der Waals surface area contributed by atoms with Crippen molar-refractivity contribution in [2.45, 2.75) is 26.3 Å². The van der Waals surface area contributed by atoms with Crippen LogP contribution in [0.3, 0.4) is 0 Å². The number of benzene rings is 1. The molecule has 0 unspecified atom stereocenters. The Morgan fingerprint density at radius 2 is 2.03 bits per heavy atom. The van der Waals surface area contributed by atoms with E-state index >= 15 is 4.39 Å². The Labute approximate surface area is 219 Å². The highest BCUT2D eigenvalue weighted by atomic mass is 19.1. The second kappa shape index (κ2) is 12.4. The molecule has 1 aliphatic heterocycles. The lowest BCUT2D eigenvalue weighted by Crippen LogP contribution is -2.33. The highest BCUT2D eigenvalue weighted by Crippen LogP contribution is 2.30. The molecule has 3 aromatic rings. The van der Waals surface area contributed by atoms with Gasteiger partial charge in [-0.3, -0.25) is 9.69 Å². The number of piperidine rings is 1. The lowest BCUT2D eigenvalue weighted by atomic mass is 9.97. The molecular weight excluding hydrogens is 495 g/mol. The van der Waals surface area contributed by atoms with Crippen LogP contribution in [0.15, 0.2) is 30.7 Å². The van der Waals surface area contributed by atoms with Crippen molar-refractivity contribution in [3.05, 3.63) is 47.8 Å². The summed E-state index contributed by atoms with van der Waals surface area (Å²) in [6.45, 7) is 4.38. The molecule has 202 valence electrons. The Morgan fingerprint density at radius 1 is 1.26 bits per heavy atom. The molecule has 1 amide bonds. The number of aromatic nitrogens is 5. The SMILES string of the molecule is CCOC(=O)c1cn(-c2ccc(OC)c(F)c2CN(C=O)c2nccnc2NCC2CCN(C)CC2)nn1. The third-order valence-corrected chi connectivity index (χ3v) is 6.43. The molecule has 3 heterocycles. The number of likely N-dealkylation sites (tertiary alicyclic amines) is 1. The molecule has 1 saturated heterocycles. The first-order valence-corrected chi connectivity index (χ1v) is 12.4. The second-order valence-electron chi connectivity index (χ2n) is 8.94. The van der Waals surface area contributed by atoms with Gasteiger partial charge < -0.3 is 19.7 Å². The van der Waals surface area contributed by atoms with Crippen molar-refractivity contribution in [1.82, 2.24) is 29.9 Å². The first-order valence-electron chi connectivity index (χ1n) is 12.4. The fourth-order valence-electron chi connectivity index (χ4n) is 4.30. The lowest BCUT2D eigenvalue weighted by molar-refractivity contribution is -0.107. The van der Waals surface area contributed by atoms with Gasteiger partial charge in [0.15, 0.2) is 28.9 Å². The van der Waals surface area contributed by atoms with E-state index in [1.54, 1.807) is 13.0 Å². The average Bonchev–Trinajstić information content (AvgIpc) is 3.43. The molecule has 1 aliphatic rings. The monoisotopic (exact) mass is 526 g/mol. The molecule has 1 aromatic carbocycles. The van der Waals surface area contributed by atoms with Crippen LogP contribution in [0.4, 0.5) is 16.0 Å². The normalized spacial score (nSPS) is 14.2. The number of rotatable bonds is 11. The fraction of sp³-hybridized carbons (Fsp3) is 0.440. The van der Waals surface area contributed by atoms with Crippen molar-refractivity contribution in [2.75, 3.05) is 50.6 Å². The number of nitrogens with one attached hydrogen (secondary N) is 1. The van der Waals surface area contributed by atoms with Gasteiger partial charge in [-0.1, -0.05) is 5.21 Å². The van der Waals surface area contributed by atoms with Crippen LogP contribution in [0.25, 0.3) is 5.69 Å². The molecule has 13 heteroatoms. The van der Waals surface area contributed by atoms with Crippen LogP contribution in [0, 0.1) is 11.7 Å². The van der Waals surface area contributed by atoms with Gasteiger partial charge in [-0.15, -0.1) is 5.10 Å². The number of hydrogen-bond acceptors (Lipinski definition) is 10. The smallest absolute Gasteiger partial charge is 0.360 e. The van der Waals surface area contributed by atoms with Crippen molar-refractivity contribution < 1.29 is 23.5 Å². The van der Waals surface area contributed by atoms with Gasteiger partial charge in [0.2, 0.25) is 6.41 Å². The Morgan fingerprint density at radius 3 is 2.74 bits per heavy atom. The third kappa shape index (κ3) is 6.05. The standard InChI is InChI=1S/C25H31FN8O4/c1-4-38-25(36)19-15-34(31-30-19)20-5-6-21(37-3)22(26)18(20)14-33(16-35)24-23(27-9-10-28-24)29-13-17-7-11-32(2)12-8-17/h5-6,9-10,15-17H,4,7-8,11-14H2,1-3H3,(H,27,29). The van der Waals surface area contributed by atoms with Crippen LogP contribution in [-0.2, 0) is 16.1 Å². The Balaban J connectivity index is 1.62. The summed E-state index contributed by atoms with van der Waals surface area (Å²) < 4.78 is 26.9. The summed E-state index contributed by atoms with van der Waals surface area (Å²) in [6, 6.07) is 3.00. The first-order chi connectivity index (χ1) is 18.4. The third-order valence-electron chi connectivity index (χ3n) is 6.43. The van der Waals surface area contributed by atoms with Gasteiger partial charge in [-0.25, -0.2) is 23.8 Å². The largest absolute Gasteiger partial charge is 0.494 e. The molecule has 12 nitrogen and oxygen atoms in total. The quantitative estimate of drug-likeness (QED) is 0.294. The minimum Gasteiger partial charge on any atom is -0.494 e.